The van der Waals surface area contributed by atoms with Crippen molar-refractivity contribution in [2.24, 2.45) is 11.3 Å². The molecule has 1 saturated heterocycles. The van der Waals surface area contributed by atoms with E-state index >= 15 is 0 Å². The average Bonchev–Trinajstić information content (AvgIpc) is 2.79. The summed E-state index contributed by atoms with van der Waals surface area (Å²) in [5.41, 5.74) is 0.281. The number of nitrogens with zero attached hydrogens (tertiary/aromatic N) is 1. The molecule has 4 heteroatoms. The quantitative estimate of drug-likeness (QED) is 0.866. The highest BCUT2D eigenvalue weighted by molar-refractivity contribution is 5.97. The number of carbonyl (C=O) groups excluding carboxylic acids is 2. The van der Waals surface area contributed by atoms with E-state index in [1.54, 1.807) is 0 Å². The molecular formula is C17H30N2O2. The zero-order chi connectivity index (χ0) is 15.8. The summed E-state index contributed by atoms with van der Waals surface area (Å²) in [6.07, 6.45) is 4.76. The normalized spacial score (nSPS) is 34.0. The molecule has 0 aromatic carbocycles. The van der Waals surface area contributed by atoms with Crippen LogP contribution in [0.5, 0.6) is 0 Å². The molecule has 0 spiro atoms. The third kappa shape index (κ3) is 3.09. The Kier molecular flexibility index (Phi) is 4.64. The van der Waals surface area contributed by atoms with Gasteiger partial charge >= 0.3 is 0 Å². The summed E-state index contributed by atoms with van der Waals surface area (Å²) in [4.78, 5) is 27.3. The minimum atomic E-state index is -0.339. The smallest absolute Gasteiger partial charge is 0.246 e. The van der Waals surface area contributed by atoms with Gasteiger partial charge in [-0.05, 0) is 37.0 Å². The van der Waals surface area contributed by atoms with Crippen LogP contribution in [0.25, 0.3) is 0 Å². The second-order valence-corrected chi connectivity index (χ2v) is 7.60. The second kappa shape index (κ2) is 5.98. The topological polar surface area (TPSA) is 49.4 Å². The molecule has 2 rings (SSSR count). The predicted octanol–water partition coefficient (Wildman–Crippen LogP) is 2.72. The highest BCUT2D eigenvalue weighted by Gasteiger charge is 2.47. The van der Waals surface area contributed by atoms with Gasteiger partial charge in [-0.25, -0.2) is 0 Å². The standard InChI is InChI=1S/C17H30N2O2/c1-6-11(3)14-16(21)19(13(7-2)15(20)18-14)12-8-9-17(4,5)10-12/h11-14H,6-10H2,1-5H3,(H,18,20). The van der Waals surface area contributed by atoms with Gasteiger partial charge in [0, 0.05) is 6.04 Å². The van der Waals surface area contributed by atoms with Crippen LogP contribution in [0.1, 0.15) is 66.7 Å². The maximum Gasteiger partial charge on any atom is 0.246 e. The molecule has 0 radical (unpaired) electrons. The van der Waals surface area contributed by atoms with E-state index in [1.165, 1.54) is 0 Å². The number of carbonyl (C=O) groups is 2. The fraction of sp³-hybridized carbons (Fsp3) is 0.882. The molecule has 120 valence electrons. The van der Waals surface area contributed by atoms with Gasteiger partial charge < -0.3 is 10.2 Å². The van der Waals surface area contributed by atoms with Gasteiger partial charge in [0.1, 0.15) is 12.1 Å². The van der Waals surface area contributed by atoms with Crippen LogP contribution in [-0.4, -0.2) is 34.8 Å². The molecule has 1 N–H and O–H groups in total. The number of piperazine rings is 1. The predicted molar refractivity (Wildman–Crippen MR) is 83.7 cm³/mol. The fourth-order valence-electron chi connectivity index (χ4n) is 3.83. The number of nitrogens with one attached hydrogen (secondary N) is 1. The zero-order valence-electron chi connectivity index (χ0n) is 14.1. The summed E-state index contributed by atoms with van der Waals surface area (Å²) in [6.45, 7) is 10.6. The van der Waals surface area contributed by atoms with E-state index in [0.717, 1.165) is 25.7 Å². The van der Waals surface area contributed by atoms with Gasteiger partial charge in [0.05, 0.1) is 0 Å². The summed E-state index contributed by atoms with van der Waals surface area (Å²) in [5.74, 6) is 0.363. The van der Waals surface area contributed by atoms with Gasteiger partial charge in [-0.3, -0.25) is 9.59 Å². The molecule has 2 amide bonds. The first-order valence-corrected chi connectivity index (χ1v) is 8.43. The fourth-order valence-corrected chi connectivity index (χ4v) is 3.83. The Morgan fingerprint density at radius 2 is 2.00 bits per heavy atom. The molecule has 1 heterocycles. The molecule has 4 nitrogen and oxygen atoms in total. The monoisotopic (exact) mass is 294 g/mol. The summed E-state index contributed by atoms with van der Waals surface area (Å²) < 4.78 is 0. The molecule has 1 saturated carbocycles. The van der Waals surface area contributed by atoms with E-state index in [-0.39, 0.29) is 41.3 Å². The van der Waals surface area contributed by atoms with Crippen molar-refractivity contribution in [3.63, 3.8) is 0 Å². The zero-order valence-corrected chi connectivity index (χ0v) is 14.1. The molecule has 4 atom stereocenters. The van der Waals surface area contributed by atoms with Crippen molar-refractivity contribution in [3.8, 4) is 0 Å². The molecule has 0 aromatic heterocycles. The lowest BCUT2D eigenvalue weighted by atomic mass is 9.89. The van der Waals surface area contributed by atoms with Crippen molar-refractivity contribution in [3.05, 3.63) is 0 Å². The van der Waals surface area contributed by atoms with Crippen LogP contribution in [0, 0.1) is 11.3 Å². The Balaban J connectivity index is 2.25. The minimum Gasteiger partial charge on any atom is -0.342 e. The molecule has 21 heavy (non-hydrogen) atoms. The van der Waals surface area contributed by atoms with Crippen LogP contribution >= 0.6 is 0 Å². The Bertz CT molecular complexity index is 419. The van der Waals surface area contributed by atoms with Gasteiger partial charge in [0.25, 0.3) is 0 Å². The molecule has 1 aliphatic carbocycles. The minimum absolute atomic E-state index is 0.0344. The SMILES string of the molecule is CCC(C)C1NC(=O)C(CC)N(C2CCC(C)(C)C2)C1=O. The van der Waals surface area contributed by atoms with Gasteiger partial charge in [0.15, 0.2) is 0 Å². The summed E-state index contributed by atoms with van der Waals surface area (Å²) in [7, 11) is 0. The molecule has 2 aliphatic rings. The van der Waals surface area contributed by atoms with E-state index < -0.39 is 0 Å². The molecule has 0 bridgehead atoms. The maximum atomic E-state index is 12.9. The number of hydrogen-bond donors (Lipinski definition) is 1. The number of rotatable bonds is 4. The van der Waals surface area contributed by atoms with Gasteiger partial charge in [-0.1, -0.05) is 41.0 Å². The van der Waals surface area contributed by atoms with Crippen molar-refractivity contribution in [1.29, 1.82) is 0 Å². The van der Waals surface area contributed by atoms with Gasteiger partial charge in [-0.2, -0.15) is 0 Å². The van der Waals surface area contributed by atoms with E-state index in [0.29, 0.717) is 6.42 Å². The van der Waals surface area contributed by atoms with Crippen LogP contribution in [0.3, 0.4) is 0 Å². The van der Waals surface area contributed by atoms with Crippen molar-refractivity contribution >= 4 is 11.8 Å². The third-order valence-electron chi connectivity index (χ3n) is 5.39. The first-order chi connectivity index (χ1) is 9.80. The Morgan fingerprint density at radius 3 is 2.48 bits per heavy atom. The lowest BCUT2D eigenvalue weighted by Crippen LogP contribution is -2.66. The Hall–Kier alpha value is -1.06. The number of amides is 2. The first kappa shape index (κ1) is 16.3. The lowest BCUT2D eigenvalue weighted by molar-refractivity contribution is -0.153. The largest absolute Gasteiger partial charge is 0.342 e. The van der Waals surface area contributed by atoms with Crippen LogP contribution in [0.2, 0.25) is 0 Å². The first-order valence-electron chi connectivity index (χ1n) is 8.43. The number of hydrogen-bond acceptors (Lipinski definition) is 2. The summed E-state index contributed by atoms with van der Waals surface area (Å²) in [6, 6.07) is -0.388. The molecule has 1 aliphatic heterocycles. The van der Waals surface area contributed by atoms with Crippen molar-refractivity contribution in [2.75, 3.05) is 0 Å². The Labute approximate surface area is 128 Å². The molecular weight excluding hydrogens is 264 g/mol. The average molecular weight is 294 g/mol. The van der Waals surface area contributed by atoms with E-state index in [1.807, 2.05) is 18.7 Å². The van der Waals surface area contributed by atoms with Gasteiger partial charge in [0.2, 0.25) is 11.8 Å². The van der Waals surface area contributed by atoms with Crippen LogP contribution in [-0.2, 0) is 9.59 Å². The van der Waals surface area contributed by atoms with Gasteiger partial charge in [-0.15, -0.1) is 0 Å². The Morgan fingerprint density at radius 1 is 1.33 bits per heavy atom. The van der Waals surface area contributed by atoms with E-state index in [2.05, 4.69) is 26.1 Å². The second-order valence-electron chi connectivity index (χ2n) is 7.60. The maximum absolute atomic E-state index is 12.9. The van der Waals surface area contributed by atoms with Crippen molar-refractivity contribution in [2.45, 2.75) is 84.8 Å². The van der Waals surface area contributed by atoms with Crippen molar-refractivity contribution < 1.29 is 9.59 Å². The highest BCUT2D eigenvalue weighted by Crippen LogP contribution is 2.41. The molecule has 0 aromatic rings. The summed E-state index contributed by atoms with van der Waals surface area (Å²) >= 11 is 0. The van der Waals surface area contributed by atoms with Crippen LogP contribution in [0.4, 0.5) is 0 Å². The van der Waals surface area contributed by atoms with E-state index in [4.69, 9.17) is 0 Å². The van der Waals surface area contributed by atoms with E-state index in [9.17, 15) is 9.59 Å². The van der Waals surface area contributed by atoms with Crippen LogP contribution in [0.15, 0.2) is 0 Å². The highest BCUT2D eigenvalue weighted by atomic mass is 16.2. The lowest BCUT2D eigenvalue weighted by Gasteiger charge is -2.44. The molecule has 2 fully saturated rings. The molecule has 4 unspecified atom stereocenters. The van der Waals surface area contributed by atoms with Crippen molar-refractivity contribution in [1.82, 2.24) is 10.2 Å². The third-order valence-corrected chi connectivity index (χ3v) is 5.39. The summed E-state index contributed by atoms with van der Waals surface area (Å²) in [5, 5.41) is 2.96. The van der Waals surface area contributed by atoms with Crippen LogP contribution < -0.4 is 5.32 Å².